The minimum atomic E-state index is -0.192. The fraction of sp³-hybridized carbons (Fsp3) is 0.304. The Morgan fingerprint density at radius 1 is 0.906 bits per heavy atom. The zero-order valence-corrected chi connectivity index (χ0v) is 18.2. The van der Waals surface area contributed by atoms with Gasteiger partial charge in [-0.3, -0.25) is 14.4 Å². The number of hydrazone groups is 1. The summed E-state index contributed by atoms with van der Waals surface area (Å²) in [5.74, 6) is 0.110. The van der Waals surface area contributed by atoms with Gasteiger partial charge in [-0.1, -0.05) is 29.8 Å². The van der Waals surface area contributed by atoms with Crippen molar-refractivity contribution in [3.05, 3.63) is 59.6 Å². The molecular formula is C23H23ClN4O4. The monoisotopic (exact) mass is 454 g/mol. The van der Waals surface area contributed by atoms with Crippen molar-refractivity contribution in [3.8, 4) is 5.75 Å². The lowest BCUT2D eigenvalue weighted by atomic mass is 10.1. The first-order valence-electron chi connectivity index (χ1n) is 10.4. The molecule has 0 unspecified atom stereocenters. The number of hydrogen-bond acceptors (Lipinski definition) is 5. The van der Waals surface area contributed by atoms with Gasteiger partial charge in [-0.2, -0.15) is 5.10 Å². The number of benzene rings is 2. The number of amides is 3. The lowest BCUT2D eigenvalue weighted by molar-refractivity contribution is -0.138. The van der Waals surface area contributed by atoms with Gasteiger partial charge >= 0.3 is 0 Å². The molecule has 0 bridgehead atoms. The Kier molecular flexibility index (Phi) is 6.70. The molecule has 0 radical (unpaired) electrons. The predicted molar refractivity (Wildman–Crippen MR) is 121 cm³/mol. The topological polar surface area (TPSA) is 82.5 Å². The van der Waals surface area contributed by atoms with Crippen LogP contribution in [-0.4, -0.2) is 66.0 Å². The Hall–Kier alpha value is -3.39. The van der Waals surface area contributed by atoms with Gasteiger partial charge in [0.15, 0.2) is 6.61 Å². The Balaban J connectivity index is 1.31. The van der Waals surface area contributed by atoms with Crippen LogP contribution in [0.25, 0.3) is 0 Å². The highest BCUT2D eigenvalue weighted by molar-refractivity contribution is 6.40. The highest BCUT2D eigenvalue weighted by Crippen LogP contribution is 2.21. The molecule has 1 saturated heterocycles. The summed E-state index contributed by atoms with van der Waals surface area (Å²) in [6.45, 7) is 1.58. The molecule has 2 heterocycles. The number of nitrogens with zero attached hydrogens (tertiary/aromatic N) is 4. The number of piperazine rings is 1. The number of para-hydroxylation sites is 1. The van der Waals surface area contributed by atoms with Gasteiger partial charge in [0.2, 0.25) is 5.91 Å². The molecule has 8 nitrogen and oxygen atoms in total. The maximum atomic E-state index is 13.0. The molecule has 0 spiro atoms. The normalized spacial score (nSPS) is 16.6. The van der Waals surface area contributed by atoms with Crippen LogP contribution in [-0.2, 0) is 14.4 Å². The average molecular weight is 455 g/mol. The minimum Gasteiger partial charge on any atom is -0.484 e. The van der Waals surface area contributed by atoms with Crippen LogP contribution in [0.5, 0.6) is 5.75 Å². The lowest BCUT2D eigenvalue weighted by Crippen LogP contribution is -2.53. The highest BCUT2D eigenvalue weighted by Gasteiger charge is 2.31. The van der Waals surface area contributed by atoms with E-state index in [4.69, 9.17) is 16.3 Å². The maximum absolute atomic E-state index is 13.0. The van der Waals surface area contributed by atoms with E-state index in [2.05, 4.69) is 5.10 Å². The zero-order chi connectivity index (χ0) is 22.5. The van der Waals surface area contributed by atoms with Crippen molar-refractivity contribution in [2.45, 2.75) is 12.8 Å². The van der Waals surface area contributed by atoms with Gasteiger partial charge in [-0.05, 0) is 36.4 Å². The van der Waals surface area contributed by atoms with E-state index in [0.29, 0.717) is 54.8 Å². The van der Waals surface area contributed by atoms with E-state index in [9.17, 15) is 14.4 Å². The first-order chi connectivity index (χ1) is 15.5. The molecule has 0 aromatic heterocycles. The summed E-state index contributed by atoms with van der Waals surface area (Å²) in [7, 11) is 0. The van der Waals surface area contributed by atoms with Crippen LogP contribution in [0.15, 0.2) is 59.7 Å². The van der Waals surface area contributed by atoms with E-state index in [1.165, 1.54) is 5.01 Å². The van der Waals surface area contributed by atoms with Crippen molar-refractivity contribution in [2.75, 3.05) is 37.8 Å². The molecule has 9 heteroatoms. The van der Waals surface area contributed by atoms with Crippen LogP contribution < -0.4 is 9.75 Å². The van der Waals surface area contributed by atoms with Crippen molar-refractivity contribution in [1.29, 1.82) is 0 Å². The van der Waals surface area contributed by atoms with Crippen LogP contribution in [0.2, 0.25) is 5.02 Å². The first-order valence-corrected chi connectivity index (χ1v) is 10.8. The summed E-state index contributed by atoms with van der Waals surface area (Å²) in [5, 5.41) is 6.23. The Bertz CT molecular complexity index is 1020. The standard InChI is InChI=1S/C23H23ClN4O4/c24-17-6-8-19(9-7-17)32-16-22(30)26-12-14-27(15-13-26)23(31)20-10-11-21(29)28(25-20)18-4-2-1-3-5-18/h1-9H,10-16H2. The quantitative estimate of drug-likeness (QED) is 0.695. The van der Waals surface area contributed by atoms with Gasteiger partial charge in [0.1, 0.15) is 11.5 Å². The number of carbonyl (C=O) groups excluding carboxylic acids is 3. The van der Waals surface area contributed by atoms with Crippen molar-refractivity contribution in [2.24, 2.45) is 5.10 Å². The molecule has 2 aliphatic rings. The van der Waals surface area contributed by atoms with Gasteiger partial charge < -0.3 is 14.5 Å². The third-order valence-corrected chi connectivity index (χ3v) is 5.63. The van der Waals surface area contributed by atoms with E-state index in [0.717, 1.165) is 0 Å². The summed E-state index contributed by atoms with van der Waals surface area (Å²) in [5.41, 5.74) is 0.998. The molecule has 0 saturated carbocycles. The summed E-state index contributed by atoms with van der Waals surface area (Å²) >= 11 is 5.85. The molecular weight excluding hydrogens is 432 g/mol. The second kappa shape index (κ2) is 9.82. The molecule has 1 fully saturated rings. The number of carbonyl (C=O) groups is 3. The summed E-state index contributed by atoms with van der Waals surface area (Å²) < 4.78 is 5.52. The van der Waals surface area contributed by atoms with Gasteiger partial charge in [0.05, 0.1) is 5.69 Å². The Morgan fingerprint density at radius 2 is 1.56 bits per heavy atom. The van der Waals surface area contributed by atoms with E-state index in [-0.39, 0.29) is 30.7 Å². The van der Waals surface area contributed by atoms with Crippen LogP contribution in [0.1, 0.15) is 12.8 Å². The average Bonchev–Trinajstić information content (AvgIpc) is 2.84. The summed E-state index contributed by atoms with van der Waals surface area (Å²) in [6, 6.07) is 15.9. The number of hydrogen-bond donors (Lipinski definition) is 0. The van der Waals surface area contributed by atoms with Crippen LogP contribution >= 0.6 is 11.6 Å². The molecule has 0 aliphatic carbocycles. The number of ether oxygens (including phenoxy) is 1. The second-order valence-electron chi connectivity index (χ2n) is 7.50. The fourth-order valence-corrected chi connectivity index (χ4v) is 3.71. The third-order valence-electron chi connectivity index (χ3n) is 5.38. The SMILES string of the molecule is O=C(COc1ccc(Cl)cc1)N1CCN(C(=O)C2=NN(c3ccccc3)C(=O)CC2)CC1. The van der Waals surface area contributed by atoms with E-state index >= 15 is 0 Å². The molecule has 2 aliphatic heterocycles. The van der Waals surface area contributed by atoms with Gasteiger partial charge in [-0.15, -0.1) is 0 Å². The molecule has 0 atom stereocenters. The predicted octanol–water partition coefficient (Wildman–Crippen LogP) is 2.57. The maximum Gasteiger partial charge on any atom is 0.270 e. The van der Waals surface area contributed by atoms with Crippen LogP contribution in [0.3, 0.4) is 0 Å². The van der Waals surface area contributed by atoms with E-state index < -0.39 is 0 Å². The highest BCUT2D eigenvalue weighted by atomic mass is 35.5. The lowest BCUT2D eigenvalue weighted by Gasteiger charge is -2.35. The molecule has 166 valence electrons. The van der Waals surface area contributed by atoms with E-state index in [1.54, 1.807) is 46.2 Å². The van der Waals surface area contributed by atoms with E-state index in [1.807, 2.05) is 18.2 Å². The van der Waals surface area contributed by atoms with Crippen molar-refractivity contribution in [3.63, 3.8) is 0 Å². The van der Waals surface area contributed by atoms with Crippen LogP contribution in [0, 0.1) is 0 Å². The first kappa shape index (κ1) is 21.8. The zero-order valence-electron chi connectivity index (χ0n) is 17.4. The minimum absolute atomic E-state index is 0.0730. The Labute approximate surface area is 191 Å². The largest absolute Gasteiger partial charge is 0.484 e. The number of halogens is 1. The smallest absolute Gasteiger partial charge is 0.270 e. The van der Waals surface area contributed by atoms with Crippen molar-refractivity contribution in [1.82, 2.24) is 9.80 Å². The Morgan fingerprint density at radius 3 is 2.25 bits per heavy atom. The number of rotatable bonds is 5. The number of anilines is 1. The summed E-state index contributed by atoms with van der Waals surface area (Å²) in [6.07, 6.45) is 0.551. The van der Waals surface area contributed by atoms with Crippen molar-refractivity contribution >= 4 is 40.7 Å². The third kappa shape index (κ3) is 5.08. The van der Waals surface area contributed by atoms with Gasteiger partial charge in [-0.25, -0.2) is 5.01 Å². The molecule has 3 amide bonds. The summed E-state index contributed by atoms with van der Waals surface area (Å²) in [4.78, 5) is 41.1. The van der Waals surface area contributed by atoms with Gasteiger partial charge in [0, 0.05) is 44.0 Å². The molecule has 32 heavy (non-hydrogen) atoms. The van der Waals surface area contributed by atoms with Crippen molar-refractivity contribution < 1.29 is 19.1 Å². The molecule has 2 aromatic carbocycles. The van der Waals surface area contributed by atoms with Crippen LogP contribution in [0.4, 0.5) is 5.69 Å². The fourth-order valence-electron chi connectivity index (χ4n) is 3.59. The second-order valence-corrected chi connectivity index (χ2v) is 7.94. The van der Waals surface area contributed by atoms with Gasteiger partial charge in [0.25, 0.3) is 11.8 Å². The molecule has 2 aromatic rings. The molecule has 4 rings (SSSR count). The molecule has 0 N–H and O–H groups in total.